The van der Waals surface area contributed by atoms with E-state index in [9.17, 15) is 0 Å². The SMILES string of the molecule is CCP(C)I1N(C2CCC3CCCCC3C2)CCCN1C1CCC2CCCCC2C1. The van der Waals surface area contributed by atoms with Crippen LogP contribution < -0.4 is 0 Å². The van der Waals surface area contributed by atoms with Gasteiger partial charge in [0, 0.05) is 0 Å². The summed E-state index contributed by atoms with van der Waals surface area (Å²) in [5.74, 6) is 4.39. The van der Waals surface area contributed by atoms with Crippen LogP contribution in [0.3, 0.4) is 0 Å². The van der Waals surface area contributed by atoms with Crippen molar-refractivity contribution in [3.63, 3.8) is 0 Å². The van der Waals surface area contributed by atoms with Crippen molar-refractivity contribution >= 4 is 25.4 Å². The molecule has 4 aliphatic carbocycles. The van der Waals surface area contributed by atoms with E-state index in [1.807, 2.05) is 0 Å². The molecular formula is C26H48IN2P. The first-order chi connectivity index (χ1) is 14.7. The predicted octanol–water partition coefficient (Wildman–Crippen LogP) is 8.09. The van der Waals surface area contributed by atoms with Crippen LogP contribution in [0, 0.1) is 23.7 Å². The van der Waals surface area contributed by atoms with Crippen LogP contribution in [0.4, 0.5) is 0 Å². The van der Waals surface area contributed by atoms with E-state index >= 15 is 0 Å². The quantitative estimate of drug-likeness (QED) is 0.200. The molecule has 30 heavy (non-hydrogen) atoms. The Morgan fingerprint density at radius 1 is 0.633 bits per heavy atom. The van der Waals surface area contributed by atoms with Crippen molar-refractivity contribution in [2.75, 3.05) is 25.9 Å². The summed E-state index contributed by atoms with van der Waals surface area (Å²) in [7, 11) is 0. The molecule has 1 saturated heterocycles. The zero-order chi connectivity index (χ0) is 20.5. The van der Waals surface area contributed by atoms with Gasteiger partial charge in [-0.25, -0.2) is 0 Å². The van der Waals surface area contributed by atoms with Crippen molar-refractivity contribution in [1.82, 2.24) is 6.23 Å². The average Bonchev–Trinajstić information content (AvgIpc) is 2.82. The molecular weight excluding hydrogens is 498 g/mol. The monoisotopic (exact) mass is 546 g/mol. The topological polar surface area (TPSA) is 6.48 Å². The Morgan fingerprint density at radius 2 is 1.10 bits per heavy atom. The molecule has 4 heteroatoms. The van der Waals surface area contributed by atoms with Gasteiger partial charge in [-0.05, 0) is 0 Å². The zero-order valence-corrected chi connectivity index (χ0v) is 23.0. The molecule has 4 saturated carbocycles. The molecule has 0 N–H and O–H groups in total. The number of fused-ring (bicyclic) bond motifs is 2. The summed E-state index contributed by atoms with van der Waals surface area (Å²) in [6.45, 7) is 8.16. The average molecular weight is 547 g/mol. The number of halogens is 1. The van der Waals surface area contributed by atoms with Gasteiger partial charge in [0.05, 0.1) is 0 Å². The van der Waals surface area contributed by atoms with Crippen LogP contribution >= 0.6 is 25.4 Å². The van der Waals surface area contributed by atoms with Gasteiger partial charge >= 0.3 is 197 Å². The van der Waals surface area contributed by atoms with Crippen LogP contribution in [0.1, 0.15) is 103 Å². The summed E-state index contributed by atoms with van der Waals surface area (Å²) in [6, 6.07) is 1.94. The van der Waals surface area contributed by atoms with Gasteiger partial charge in [-0.1, -0.05) is 0 Å². The Balaban J connectivity index is 1.30. The fourth-order valence-corrected chi connectivity index (χ4v) is 23.6. The van der Waals surface area contributed by atoms with Gasteiger partial charge in [-0.15, -0.1) is 0 Å². The Morgan fingerprint density at radius 3 is 1.57 bits per heavy atom. The molecule has 0 aromatic heterocycles. The minimum absolute atomic E-state index is 0.245. The summed E-state index contributed by atoms with van der Waals surface area (Å²) in [4.78, 5) is 0. The van der Waals surface area contributed by atoms with E-state index in [1.165, 1.54) is 51.4 Å². The third kappa shape index (κ3) is 4.80. The number of nitrogens with zero attached hydrogens (tertiary/aromatic N) is 2. The number of rotatable bonds is 4. The molecule has 5 aliphatic rings. The normalized spacial score (nSPS) is 43.6. The van der Waals surface area contributed by atoms with Crippen molar-refractivity contribution in [2.24, 2.45) is 23.7 Å². The number of hydrogen-bond donors (Lipinski definition) is 0. The molecule has 7 unspecified atom stereocenters. The molecule has 7 atom stereocenters. The molecule has 5 rings (SSSR count). The van der Waals surface area contributed by atoms with E-state index in [0.29, 0.717) is 0 Å². The summed E-state index contributed by atoms with van der Waals surface area (Å²) in [5, 5.41) is 0. The summed E-state index contributed by atoms with van der Waals surface area (Å²) in [6.07, 6.45) is 24.7. The Labute approximate surface area is 195 Å². The molecule has 1 heterocycles. The van der Waals surface area contributed by atoms with Crippen molar-refractivity contribution in [3.8, 4) is 0 Å². The second kappa shape index (κ2) is 10.6. The minimum atomic E-state index is -1.19. The van der Waals surface area contributed by atoms with E-state index in [-0.39, 0.29) is 5.56 Å². The number of hydrogen-bond acceptors (Lipinski definition) is 2. The Bertz CT molecular complexity index is 517. The third-order valence-corrected chi connectivity index (χ3v) is 24.9. The molecule has 174 valence electrons. The molecule has 1 aliphatic heterocycles. The summed E-state index contributed by atoms with van der Waals surface area (Å²) < 4.78 is 6.53. The van der Waals surface area contributed by atoms with Gasteiger partial charge < -0.3 is 0 Å². The van der Waals surface area contributed by atoms with Gasteiger partial charge in [0.15, 0.2) is 0 Å². The molecule has 0 amide bonds. The van der Waals surface area contributed by atoms with Crippen LogP contribution in [-0.4, -0.2) is 44.2 Å². The Hall–Kier alpha value is 1.08. The predicted molar refractivity (Wildman–Crippen MR) is 142 cm³/mol. The molecule has 2 nitrogen and oxygen atoms in total. The third-order valence-electron chi connectivity index (χ3n) is 9.64. The maximum absolute atomic E-state index is 3.26. The molecule has 5 fully saturated rings. The van der Waals surface area contributed by atoms with Crippen molar-refractivity contribution in [2.45, 2.75) is 115 Å². The maximum atomic E-state index is 3.26. The van der Waals surface area contributed by atoms with Crippen molar-refractivity contribution in [1.29, 1.82) is 0 Å². The summed E-state index contributed by atoms with van der Waals surface area (Å²) >= 11 is -1.19. The van der Waals surface area contributed by atoms with E-state index in [4.69, 9.17) is 0 Å². The molecule has 0 aromatic carbocycles. The van der Waals surface area contributed by atoms with E-state index in [1.54, 1.807) is 64.2 Å². The van der Waals surface area contributed by atoms with Crippen molar-refractivity contribution < 1.29 is 0 Å². The molecule has 0 aromatic rings. The van der Waals surface area contributed by atoms with Crippen LogP contribution in [0.25, 0.3) is 0 Å². The van der Waals surface area contributed by atoms with E-state index in [0.717, 1.165) is 35.8 Å². The first kappa shape index (κ1) is 22.9. The van der Waals surface area contributed by atoms with Crippen LogP contribution in [-0.2, 0) is 0 Å². The second-order valence-electron chi connectivity index (χ2n) is 11.3. The zero-order valence-electron chi connectivity index (χ0n) is 19.9. The van der Waals surface area contributed by atoms with Crippen molar-refractivity contribution in [3.05, 3.63) is 0 Å². The fraction of sp³-hybridized carbons (Fsp3) is 1.00. The van der Waals surface area contributed by atoms with E-state index in [2.05, 4.69) is 19.8 Å². The van der Waals surface area contributed by atoms with Gasteiger partial charge in [0.25, 0.3) is 0 Å². The fourth-order valence-electron chi connectivity index (χ4n) is 7.91. The van der Waals surface area contributed by atoms with Gasteiger partial charge in [0.1, 0.15) is 0 Å². The molecule has 0 radical (unpaired) electrons. The second-order valence-corrected chi connectivity index (χ2v) is 23.9. The summed E-state index contributed by atoms with van der Waals surface area (Å²) in [5.41, 5.74) is 0.245. The standard InChI is InChI=1S/C26H48IN2P/c1-3-30(2)27-28(25-15-13-21-9-4-6-11-23(21)19-25)17-8-18-29(27)26-16-14-22-10-5-7-12-24(22)20-26/h21-26H,3-20H2,1-2H3. The van der Waals surface area contributed by atoms with E-state index < -0.39 is 19.8 Å². The van der Waals surface area contributed by atoms with Crippen LogP contribution in [0.5, 0.6) is 0 Å². The van der Waals surface area contributed by atoms with Gasteiger partial charge in [-0.2, -0.15) is 0 Å². The first-order valence-corrected chi connectivity index (χ1v) is 20.4. The molecule has 0 bridgehead atoms. The first-order valence-electron chi connectivity index (χ1n) is 13.7. The molecule has 0 spiro atoms. The van der Waals surface area contributed by atoms with Gasteiger partial charge in [-0.3, -0.25) is 0 Å². The van der Waals surface area contributed by atoms with Crippen LogP contribution in [0.2, 0.25) is 0 Å². The van der Waals surface area contributed by atoms with Crippen LogP contribution in [0.15, 0.2) is 0 Å². The van der Waals surface area contributed by atoms with Gasteiger partial charge in [0.2, 0.25) is 0 Å². The Kier molecular flexibility index (Phi) is 8.04.